The first-order valence-electron chi connectivity index (χ1n) is 15.2. The van der Waals surface area contributed by atoms with Crippen LogP contribution in [-0.4, -0.2) is 73.2 Å². The van der Waals surface area contributed by atoms with Gasteiger partial charge in [0.15, 0.2) is 0 Å². The lowest BCUT2D eigenvalue weighted by atomic mass is 10.0. The fourth-order valence-corrected chi connectivity index (χ4v) is 5.42. The van der Waals surface area contributed by atoms with Gasteiger partial charge in [-0.25, -0.2) is 4.79 Å². The van der Waals surface area contributed by atoms with Crippen LogP contribution in [0.15, 0.2) is 109 Å². The molecule has 2 saturated heterocycles. The summed E-state index contributed by atoms with van der Waals surface area (Å²) in [7, 11) is 0. The minimum atomic E-state index is -0.934. The molecule has 6 rings (SSSR count). The Balaban J connectivity index is 0.000000204. The van der Waals surface area contributed by atoms with Crippen molar-refractivity contribution in [1.82, 2.24) is 20.9 Å². The van der Waals surface area contributed by atoms with Gasteiger partial charge < -0.3 is 26.0 Å². The van der Waals surface area contributed by atoms with Gasteiger partial charge in [-0.05, 0) is 72.5 Å². The molecule has 7 nitrogen and oxygen atoms in total. The van der Waals surface area contributed by atoms with Crippen LogP contribution in [0.4, 0.5) is 0 Å². The van der Waals surface area contributed by atoms with Crippen molar-refractivity contribution in [3.8, 4) is 0 Å². The second-order valence-corrected chi connectivity index (χ2v) is 11.8. The highest BCUT2D eigenvalue weighted by Gasteiger charge is 2.24. The van der Waals surface area contributed by atoms with E-state index in [0.29, 0.717) is 27.7 Å². The van der Waals surface area contributed by atoms with Crippen molar-refractivity contribution in [2.75, 3.05) is 39.3 Å². The summed E-state index contributed by atoms with van der Waals surface area (Å²) in [6, 6.07) is 35.1. The maximum Gasteiger partial charge on any atom is 0.335 e. The van der Waals surface area contributed by atoms with Gasteiger partial charge in [0.1, 0.15) is 0 Å². The van der Waals surface area contributed by atoms with Crippen LogP contribution in [0.1, 0.15) is 39.3 Å². The third kappa shape index (κ3) is 12.6. The first-order valence-corrected chi connectivity index (χ1v) is 15.9. The van der Waals surface area contributed by atoms with Crippen LogP contribution in [0.2, 0.25) is 10.0 Å². The molecule has 0 bridgehead atoms. The summed E-state index contributed by atoms with van der Waals surface area (Å²) < 4.78 is 0. The van der Waals surface area contributed by atoms with Crippen LogP contribution in [0.5, 0.6) is 0 Å². The lowest BCUT2D eigenvalue weighted by Gasteiger charge is -2.34. The molecular weight excluding hydrogens is 619 g/mol. The summed E-state index contributed by atoms with van der Waals surface area (Å²) in [6.07, 6.45) is 2.07. The average molecular weight is 664 g/mol. The number of amides is 1. The molecule has 4 aromatic carbocycles. The molecular formula is C37H44Cl2N4O3. The molecule has 9 heteroatoms. The number of benzene rings is 4. The van der Waals surface area contributed by atoms with Gasteiger partial charge in [-0.1, -0.05) is 91.3 Å². The van der Waals surface area contributed by atoms with Crippen molar-refractivity contribution in [1.29, 1.82) is 0 Å². The Kier molecular flexibility index (Phi) is 15.8. The Morgan fingerprint density at radius 1 is 0.674 bits per heavy atom. The molecule has 244 valence electrons. The predicted molar refractivity (Wildman–Crippen MR) is 189 cm³/mol. The van der Waals surface area contributed by atoms with Crippen molar-refractivity contribution in [2.24, 2.45) is 0 Å². The van der Waals surface area contributed by atoms with E-state index in [2.05, 4.69) is 70.5 Å². The molecule has 0 aromatic heterocycles. The second kappa shape index (κ2) is 19.7. The van der Waals surface area contributed by atoms with Crippen LogP contribution >= 0.6 is 23.2 Å². The molecule has 1 amide bonds. The fraction of sp³-hybridized carbons (Fsp3) is 0.297. The number of nitrogens with one attached hydrogen (secondary N) is 3. The average Bonchev–Trinajstić information content (AvgIpc) is 3.07. The van der Waals surface area contributed by atoms with Crippen LogP contribution < -0.4 is 16.0 Å². The summed E-state index contributed by atoms with van der Waals surface area (Å²) >= 11 is 11.4. The van der Waals surface area contributed by atoms with Crippen molar-refractivity contribution >= 4 is 35.1 Å². The molecule has 0 unspecified atom stereocenters. The van der Waals surface area contributed by atoms with Gasteiger partial charge in [-0.2, -0.15) is 0 Å². The summed E-state index contributed by atoms with van der Waals surface area (Å²) in [5, 5.41) is 20.0. The van der Waals surface area contributed by atoms with Gasteiger partial charge in [0.2, 0.25) is 0 Å². The number of hydrogen-bond donors (Lipinski definition) is 4. The van der Waals surface area contributed by atoms with E-state index in [1.807, 2.05) is 11.0 Å². The first-order chi connectivity index (χ1) is 21.9. The maximum atomic E-state index is 12.6. The van der Waals surface area contributed by atoms with E-state index >= 15 is 0 Å². The van der Waals surface area contributed by atoms with E-state index in [-0.39, 0.29) is 18.9 Å². The van der Waals surface area contributed by atoms with Crippen LogP contribution in [-0.2, 0) is 12.8 Å². The summed E-state index contributed by atoms with van der Waals surface area (Å²) in [5.74, 6) is -0.854. The number of carboxylic acids is 1. The molecule has 0 spiro atoms. The zero-order chi connectivity index (χ0) is 31.9. The minimum Gasteiger partial charge on any atom is -0.478 e. The maximum absolute atomic E-state index is 12.6. The number of nitrogens with zero attached hydrogens (tertiary/aromatic N) is 1. The second-order valence-electron chi connectivity index (χ2n) is 11.0. The van der Waals surface area contributed by atoms with Gasteiger partial charge in [0.25, 0.3) is 5.91 Å². The number of aromatic carboxylic acids is 1. The zero-order valence-electron chi connectivity index (χ0n) is 25.2. The number of piperazine rings is 2. The third-order valence-corrected chi connectivity index (χ3v) is 8.00. The molecule has 2 heterocycles. The summed E-state index contributed by atoms with van der Waals surface area (Å²) in [4.78, 5) is 24.8. The van der Waals surface area contributed by atoms with Gasteiger partial charge in [-0.15, -0.1) is 0 Å². The minimum absolute atomic E-state index is 0. The highest BCUT2D eigenvalue weighted by Crippen LogP contribution is 2.14. The lowest BCUT2D eigenvalue weighted by Crippen LogP contribution is -2.53. The SMILES string of the molecule is C.O=C(O)c1ccc(Cl)cc1.O=C(c1ccc(Cl)cc1)N1CCN[C@@H](Cc2ccccc2)C1.c1ccc(C[C@H]2CNCCN2)cc1. The van der Waals surface area contributed by atoms with Crippen molar-refractivity contribution < 1.29 is 14.7 Å². The van der Waals surface area contributed by atoms with E-state index in [1.54, 1.807) is 36.4 Å². The zero-order valence-corrected chi connectivity index (χ0v) is 26.7. The lowest BCUT2D eigenvalue weighted by molar-refractivity contribution is 0.0691. The number of carbonyl (C=O) groups is 2. The number of carbonyl (C=O) groups excluding carboxylic acids is 1. The van der Waals surface area contributed by atoms with E-state index in [4.69, 9.17) is 28.3 Å². The highest BCUT2D eigenvalue weighted by atomic mass is 35.5. The monoisotopic (exact) mass is 662 g/mol. The topological polar surface area (TPSA) is 93.7 Å². The van der Waals surface area contributed by atoms with Gasteiger partial charge in [-0.3, -0.25) is 4.79 Å². The Hall–Kier alpha value is -3.72. The van der Waals surface area contributed by atoms with Crippen LogP contribution in [0.25, 0.3) is 0 Å². The molecule has 4 aromatic rings. The first kappa shape index (κ1) is 36.7. The number of carboxylic acid groups (broad SMARTS) is 1. The number of hydrogen-bond acceptors (Lipinski definition) is 5. The Morgan fingerprint density at radius 2 is 1.17 bits per heavy atom. The quantitative estimate of drug-likeness (QED) is 0.189. The summed E-state index contributed by atoms with van der Waals surface area (Å²) in [5.41, 5.74) is 3.67. The van der Waals surface area contributed by atoms with E-state index in [9.17, 15) is 9.59 Å². The molecule has 2 aliphatic rings. The molecule has 0 radical (unpaired) electrons. The summed E-state index contributed by atoms with van der Waals surface area (Å²) in [6.45, 7) is 5.59. The standard InChI is InChI=1S/C18H19ClN2O.C11H16N2.C7H5ClO2.CH4/c19-16-8-6-15(7-9-16)18(22)21-11-10-20-17(13-21)12-14-4-2-1-3-5-14;1-2-4-10(5-3-1)8-11-9-12-6-7-13-11;8-6-3-1-5(2-4-6)7(9)10;/h1-9,17,20H,10-13H2;1-5,11-13H,6-9H2;1-4H,(H,9,10);1H4/t17-;11-;;/m00../s1. The number of rotatable bonds is 6. The van der Waals surface area contributed by atoms with Gasteiger partial charge >= 0.3 is 5.97 Å². The Labute approximate surface area is 282 Å². The molecule has 0 aliphatic carbocycles. The predicted octanol–water partition coefficient (Wildman–Crippen LogP) is 6.46. The molecule has 0 saturated carbocycles. The highest BCUT2D eigenvalue weighted by molar-refractivity contribution is 6.31. The van der Waals surface area contributed by atoms with E-state index < -0.39 is 5.97 Å². The molecule has 2 aliphatic heterocycles. The fourth-order valence-electron chi connectivity index (χ4n) is 5.17. The number of halogens is 2. The van der Waals surface area contributed by atoms with Crippen molar-refractivity contribution in [2.45, 2.75) is 32.4 Å². The van der Waals surface area contributed by atoms with Gasteiger partial charge in [0.05, 0.1) is 5.56 Å². The van der Waals surface area contributed by atoms with Gasteiger partial charge in [0, 0.05) is 67.0 Å². The largest absolute Gasteiger partial charge is 0.478 e. The normalized spacial score (nSPS) is 17.2. The Bertz CT molecular complexity index is 1450. The van der Waals surface area contributed by atoms with Crippen molar-refractivity contribution in [3.63, 3.8) is 0 Å². The van der Waals surface area contributed by atoms with Crippen LogP contribution in [0.3, 0.4) is 0 Å². The molecule has 2 atom stereocenters. The smallest absolute Gasteiger partial charge is 0.335 e. The van der Waals surface area contributed by atoms with Crippen LogP contribution in [0, 0.1) is 0 Å². The van der Waals surface area contributed by atoms with Crippen molar-refractivity contribution in [3.05, 3.63) is 141 Å². The van der Waals surface area contributed by atoms with E-state index in [1.165, 1.54) is 23.3 Å². The molecule has 4 N–H and O–H groups in total. The molecule has 46 heavy (non-hydrogen) atoms. The molecule has 2 fully saturated rings. The van der Waals surface area contributed by atoms with E-state index in [0.717, 1.165) is 52.1 Å². The third-order valence-electron chi connectivity index (χ3n) is 7.50. The Morgan fingerprint density at radius 3 is 1.67 bits per heavy atom.